The number of hydrogen-bond donors (Lipinski definition) is 1. The molecule has 1 fully saturated rings. The largest absolute Gasteiger partial charge is 0.461 e. The van der Waals surface area contributed by atoms with Crippen LogP contribution in [0.4, 0.5) is 0 Å². The molecule has 16 heavy (non-hydrogen) atoms. The predicted molar refractivity (Wildman–Crippen MR) is 61.8 cm³/mol. The molecule has 1 aliphatic carbocycles. The molecular formula is C12H18N2O2. The zero-order chi connectivity index (χ0) is 11.5. The average molecular weight is 222 g/mol. The normalized spacial score (nSPS) is 17.4. The van der Waals surface area contributed by atoms with Crippen molar-refractivity contribution in [2.45, 2.75) is 52.1 Å². The molecule has 0 bridgehead atoms. The van der Waals surface area contributed by atoms with Crippen molar-refractivity contribution in [3.8, 4) is 6.01 Å². The molecule has 1 saturated carbocycles. The van der Waals surface area contributed by atoms with Gasteiger partial charge in [0, 0.05) is 5.56 Å². The monoisotopic (exact) mass is 222 g/mol. The lowest BCUT2D eigenvalue weighted by molar-refractivity contribution is 0.141. The van der Waals surface area contributed by atoms with Crippen LogP contribution < -0.4 is 10.3 Å². The SMILES string of the molecule is Cc1nc(OC2CCCCC2)[nH]c(=O)c1C. The molecule has 1 aliphatic rings. The number of nitrogens with one attached hydrogen (secondary N) is 1. The van der Waals surface area contributed by atoms with Crippen molar-refractivity contribution in [1.29, 1.82) is 0 Å². The van der Waals surface area contributed by atoms with Crippen LogP contribution in [0, 0.1) is 13.8 Å². The molecule has 1 N–H and O–H groups in total. The van der Waals surface area contributed by atoms with Crippen molar-refractivity contribution in [2.75, 3.05) is 0 Å². The summed E-state index contributed by atoms with van der Waals surface area (Å²) in [7, 11) is 0. The van der Waals surface area contributed by atoms with E-state index in [0.29, 0.717) is 11.6 Å². The minimum atomic E-state index is -0.0988. The van der Waals surface area contributed by atoms with E-state index in [4.69, 9.17) is 4.74 Å². The third kappa shape index (κ3) is 2.43. The molecule has 88 valence electrons. The fraction of sp³-hybridized carbons (Fsp3) is 0.667. The Morgan fingerprint density at radius 3 is 2.56 bits per heavy atom. The highest BCUT2D eigenvalue weighted by molar-refractivity contribution is 5.15. The zero-order valence-electron chi connectivity index (χ0n) is 9.88. The number of aromatic amines is 1. The highest BCUT2D eigenvalue weighted by Gasteiger charge is 2.16. The van der Waals surface area contributed by atoms with E-state index in [1.807, 2.05) is 6.92 Å². The summed E-state index contributed by atoms with van der Waals surface area (Å²) < 4.78 is 5.71. The highest BCUT2D eigenvalue weighted by atomic mass is 16.5. The lowest BCUT2D eigenvalue weighted by atomic mass is 9.98. The molecule has 0 unspecified atom stereocenters. The van der Waals surface area contributed by atoms with E-state index in [9.17, 15) is 4.79 Å². The number of rotatable bonds is 2. The Balaban J connectivity index is 2.12. The van der Waals surface area contributed by atoms with E-state index in [1.165, 1.54) is 19.3 Å². The third-order valence-electron chi connectivity index (χ3n) is 3.20. The first-order chi connectivity index (χ1) is 7.66. The minimum absolute atomic E-state index is 0.0988. The molecule has 1 aromatic heterocycles. The number of H-pyrrole nitrogens is 1. The number of hydrogen-bond acceptors (Lipinski definition) is 3. The van der Waals surface area contributed by atoms with Gasteiger partial charge in [0.05, 0.1) is 5.69 Å². The summed E-state index contributed by atoms with van der Waals surface area (Å²) in [6.07, 6.45) is 6.06. The molecule has 0 radical (unpaired) electrons. The van der Waals surface area contributed by atoms with Crippen molar-refractivity contribution in [1.82, 2.24) is 9.97 Å². The van der Waals surface area contributed by atoms with Gasteiger partial charge in [-0.15, -0.1) is 0 Å². The summed E-state index contributed by atoms with van der Waals surface area (Å²) in [6.45, 7) is 3.60. The van der Waals surface area contributed by atoms with Crippen molar-refractivity contribution < 1.29 is 4.74 Å². The fourth-order valence-corrected chi connectivity index (χ4v) is 2.02. The summed E-state index contributed by atoms with van der Waals surface area (Å²) in [5, 5.41) is 0. The molecule has 0 saturated heterocycles. The van der Waals surface area contributed by atoms with Crippen LogP contribution in [0.3, 0.4) is 0 Å². The summed E-state index contributed by atoms with van der Waals surface area (Å²) >= 11 is 0. The Morgan fingerprint density at radius 1 is 1.25 bits per heavy atom. The van der Waals surface area contributed by atoms with E-state index < -0.39 is 0 Å². The predicted octanol–water partition coefficient (Wildman–Crippen LogP) is 2.10. The maximum atomic E-state index is 11.5. The van der Waals surface area contributed by atoms with Crippen LogP contribution in [0.2, 0.25) is 0 Å². The highest BCUT2D eigenvalue weighted by Crippen LogP contribution is 2.21. The first-order valence-electron chi connectivity index (χ1n) is 5.91. The van der Waals surface area contributed by atoms with Gasteiger partial charge in [0.1, 0.15) is 6.10 Å². The van der Waals surface area contributed by atoms with Crippen LogP contribution in [0.25, 0.3) is 0 Å². The van der Waals surface area contributed by atoms with Gasteiger partial charge in [0.15, 0.2) is 0 Å². The van der Waals surface area contributed by atoms with Crippen molar-refractivity contribution >= 4 is 0 Å². The van der Waals surface area contributed by atoms with Gasteiger partial charge in [-0.25, -0.2) is 4.98 Å². The van der Waals surface area contributed by atoms with Gasteiger partial charge >= 0.3 is 0 Å². The van der Waals surface area contributed by atoms with E-state index >= 15 is 0 Å². The summed E-state index contributed by atoms with van der Waals surface area (Å²) in [4.78, 5) is 18.5. The van der Waals surface area contributed by atoms with Crippen molar-refractivity contribution in [3.05, 3.63) is 21.6 Å². The molecule has 0 amide bonds. The number of aromatic nitrogens is 2. The topological polar surface area (TPSA) is 55.0 Å². The summed E-state index contributed by atoms with van der Waals surface area (Å²) in [6, 6.07) is 0.375. The second-order valence-corrected chi connectivity index (χ2v) is 4.46. The second kappa shape index (κ2) is 4.68. The summed E-state index contributed by atoms with van der Waals surface area (Å²) in [5.41, 5.74) is 1.31. The van der Waals surface area contributed by atoms with Crippen molar-refractivity contribution in [2.24, 2.45) is 0 Å². The maximum Gasteiger partial charge on any atom is 0.296 e. The van der Waals surface area contributed by atoms with Crippen LogP contribution in [0.15, 0.2) is 4.79 Å². The Labute approximate surface area is 95.1 Å². The van der Waals surface area contributed by atoms with Crippen LogP contribution in [-0.2, 0) is 0 Å². The molecule has 0 spiro atoms. The molecule has 0 aromatic carbocycles. The molecule has 4 heteroatoms. The molecule has 2 rings (SSSR count). The van der Waals surface area contributed by atoms with E-state index in [1.54, 1.807) is 6.92 Å². The first kappa shape index (κ1) is 11.2. The van der Waals surface area contributed by atoms with Gasteiger partial charge < -0.3 is 4.74 Å². The molecule has 0 atom stereocenters. The molecule has 1 aromatic rings. The third-order valence-corrected chi connectivity index (χ3v) is 3.20. The van der Waals surface area contributed by atoms with Gasteiger partial charge in [0.25, 0.3) is 11.6 Å². The molecule has 4 nitrogen and oxygen atoms in total. The van der Waals surface area contributed by atoms with Gasteiger partial charge in [0.2, 0.25) is 0 Å². The second-order valence-electron chi connectivity index (χ2n) is 4.46. The van der Waals surface area contributed by atoms with E-state index in [-0.39, 0.29) is 11.7 Å². The average Bonchev–Trinajstić information content (AvgIpc) is 2.27. The van der Waals surface area contributed by atoms with Gasteiger partial charge in [-0.05, 0) is 39.5 Å². The lowest BCUT2D eigenvalue weighted by Gasteiger charge is -2.22. The standard InChI is InChI=1S/C12H18N2O2/c1-8-9(2)13-12(14-11(8)15)16-10-6-4-3-5-7-10/h10H,3-7H2,1-2H3,(H,13,14,15). The van der Waals surface area contributed by atoms with E-state index in [0.717, 1.165) is 18.5 Å². The first-order valence-corrected chi connectivity index (χ1v) is 5.91. The summed E-state index contributed by atoms with van der Waals surface area (Å²) in [5.74, 6) is 0. The van der Waals surface area contributed by atoms with Gasteiger partial charge in [-0.2, -0.15) is 0 Å². The Morgan fingerprint density at radius 2 is 1.94 bits per heavy atom. The quantitative estimate of drug-likeness (QED) is 0.833. The Hall–Kier alpha value is -1.32. The lowest BCUT2D eigenvalue weighted by Crippen LogP contribution is -2.23. The number of aryl methyl sites for hydroxylation is 1. The van der Waals surface area contributed by atoms with Crippen LogP contribution in [-0.4, -0.2) is 16.1 Å². The van der Waals surface area contributed by atoms with Crippen LogP contribution in [0.5, 0.6) is 6.01 Å². The Bertz CT molecular complexity index is 420. The maximum absolute atomic E-state index is 11.5. The van der Waals surface area contributed by atoms with Gasteiger partial charge in [-0.1, -0.05) is 6.42 Å². The van der Waals surface area contributed by atoms with Crippen LogP contribution in [0.1, 0.15) is 43.4 Å². The minimum Gasteiger partial charge on any atom is -0.461 e. The van der Waals surface area contributed by atoms with E-state index in [2.05, 4.69) is 9.97 Å². The van der Waals surface area contributed by atoms with Crippen LogP contribution >= 0.6 is 0 Å². The number of ether oxygens (including phenoxy) is 1. The molecule has 0 aliphatic heterocycles. The molecular weight excluding hydrogens is 204 g/mol. The fourth-order valence-electron chi connectivity index (χ4n) is 2.02. The van der Waals surface area contributed by atoms with Crippen molar-refractivity contribution in [3.63, 3.8) is 0 Å². The smallest absolute Gasteiger partial charge is 0.296 e. The Kier molecular flexibility index (Phi) is 3.27. The molecule has 1 heterocycles. The number of nitrogens with zero attached hydrogens (tertiary/aromatic N) is 1. The van der Waals surface area contributed by atoms with Gasteiger partial charge in [-0.3, -0.25) is 9.78 Å². The zero-order valence-corrected chi connectivity index (χ0v) is 9.88.